The summed E-state index contributed by atoms with van der Waals surface area (Å²) in [7, 11) is 0. The normalized spacial score (nSPS) is 12.9. The third-order valence-corrected chi connectivity index (χ3v) is 2.29. The van der Waals surface area contributed by atoms with Crippen molar-refractivity contribution >= 4 is 0 Å². The van der Waals surface area contributed by atoms with E-state index in [2.05, 4.69) is 0 Å². The lowest BCUT2D eigenvalue weighted by Gasteiger charge is -2.11. The first kappa shape index (κ1) is 11.0. The van der Waals surface area contributed by atoms with Crippen molar-refractivity contribution in [2.45, 2.75) is 46.6 Å². The van der Waals surface area contributed by atoms with E-state index in [-0.39, 0.29) is 11.9 Å². The van der Waals surface area contributed by atoms with E-state index in [1.807, 2.05) is 20.8 Å². The van der Waals surface area contributed by atoms with Gasteiger partial charge in [0.2, 0.25) is 11.5 Å². The van der Waals surface area contributed by atoms with Crippen LogP contribution in [-0.4, -0.2) is 11.2 Å². The first-order valence-electron chi connectivity index (χ1n) is 5.08. The van der Waals surface area contributed by atoms with Gasteiger partial charge in [0.05, 0.1) is 6.10 Å². The molecular weight excluding hydrogens is 180 g/mol. The van der Waals surface area contributed by atoms with Crippen LogP contribution in [0.2, 0.25) is 0 Å². The van der Waals surface area contributed by atoms with Crippen molar-refractivity contribution in [2.24, 2.45) is 0 Å². The lowest BCUT2D eigenvalue weighted by atomic mass is 10.3. The van der Waals surface area contributed by atoms with Crippen molar-refractivity contribution < 1.29 is 14.3 Å². The van der Waals surface area contributed by atoms with Crippen LogP contribution in [0.25, 0.3) is 0 Å². The molecule has 0 spiro atoms. The van der Waals surface area contributed by atoms with E-state index in [0.29, 0.717) is 23.7 Å². The molecule has 0 aliphatic heterocycles. The third kappa shape index (κ3) is 2.03. The second-order valence-electron chi connectivity index (χ2n) is 3.45. The smallest absolute Gasteiger partial charge is 0.203 e. The molecule has 1 unspecified atom stereocenters. The van der Waals surface area contributed by atoms with Crippen molar-refractivity contribution in [2.75, 3.05) is 0 Å². The van der Waals surface area contributed by atoms with Gasteiger partial charge in [-0.3, -0.25) is 0 Å². The van der Waals surface area contributed by atoms with E-state index in [0.717, 1.165) is 6.42 Å². The fourth-order valence-electron chi connectivity index (χ4n) is 1.24. The monoisotopic (exact) mass is 198 g/mol. The van der Waals surface area contributed by atoms with Crippen LogP contribution >= 0.6 is 0 Å². The lowest BCUT2D eigenvalue weighted by molar-refractivity contribution is 0.206. The largest absolute Gasteiger partial charge is 0.502 e. The quantitative estimate of drug-likeness (QED) is 0.808. The Morgan fingerprint density at radius 3 is 2.50 bits per heavy atom. The fraction of sp³-hybridized carbons (Fsp3) is 0.636. The van der Waals surface area contributed by atoms with Gasteiger partial charge in [0.1, 0.15) is 11.5 Å². The minimum Gasteiger partial charge on any atom is -0.502 e. The molecule has 0 aliphatic rings. The van der Waals surface area contributed by atoms with E-state index >= 15 is 0 Å². The molecule has 0 amide bonds. The first-order valence-corrected chi connectivity index (χ1v) is 5.08. The van der Waals surface area contributed by atoms with Crippen molar-refractivity contribution in [3.8, 4) is 11.5 Å². The number of ether oxygens (including phenoxy) is 1. The van der Waals surface area contributed by atoms with Gasteiger partial charge in [-0.2, -0.15) is 0 Å². The maximum atomic E-state index is 9.74. The second-order valence-corrected chi connectivity index (χ2v) is 3.45. The maximum Gasteiger partial charge on any atom is 0.203 e. The Balaban J connectivity index is 2.90. The van der Waals surface area contributed by atoms with Gasteiger partial charge < -0.3 is 14.3 Å². The SMILES string of the molecule is CCc1oc(C)c(OC(C)CC)c1O. The highest BCUT2D eigenvalue weighted by molar-refractivity contribution is 5.44. The molecule has 1 N–H and O–H groups in total. The van der Waals surface area contributed by atoms with E-state index < -0.39 is 0 Å². The predicted octanol–water partition coefficient (Wildman–Crippen LogP) is 3.03. The molecule has 0 aliphatic carbocycles. The van der Waals surface area contributed by atoms with Crippen LogP contribution in [0.1, 0.15) is 38.7 Å². The molecule has 3 heteroatoms. The molecule has 0 bridgehead atoms. The van der Waals surface area contributed by atoms with E-state index in [1.54, 1.807) is 6.92 Å². The average Bonchev–Trinajstić information content (AvgIpc) is 2.44. The zero-order valence-electron chi connectivity index (χ0n) is 9.26. The molecule has 1 aromatic heterocycles. The van der Waals surface area contributed by atoms with Crippen LogP contribution < -0.4 is 4.74 Å². The van der Waals surface area contributed by atoms with Crippen LogP contribution in [0.15, 0.2) is 4.42 Å². The lowest BCUT2D eigenvalue weighted by Crippen LogP contribution is -2.09. The maximum absolute atomic E-state index is 9.74. The van der Waals surface area contributed by atoms with Gasteiger partial charge in [0, 0.05) is 6.42 Å². The highest BCUT2D eigenvalue weighted by atomic mass is 16.5. The number of aryl methyl sites for hydroxylation is 2. The Morgan fingerprint density at radius 1 is 1.43 bits per heavy atom. The van der Waals surface area contributed by atoms with Gasteiger partial charge in [-0.05, 0) is 20.3 Å². The molecule has 0 fully saturated rings. The molecule has 1 aromatic rings. The summed E-state index contributed by atoms with van der Waals surface area (Å²) in [4.78, 5) is 0. The molecule has 0 saturated heterocycles. The summed E-state index contributed by atoms with van der Waals surface area (Å²) in [6.07, 6.45) is 1.68. The summed E-state index contributed by atoms with van der Waals surface area (Å²) in [5.41, 5.74) is 0. The van der Waals surface area contributed by atoms with Gasteiger partial charge in [0.25, 0.3) is 0 Å². The average molecular weight is 198 g/mol. The summed E-state index contributed by atoms with van der Waals surface area (Å²) in [6, 6.07) is 0. The molecule has 1 atom stereocenters. The summed E-state index contributed by atoms with van der Waals surface area (Å²) >= 11 is 0. The number of aromatic hydroxyl groups is 1. The minimum absolute atomic E-state index is 0.0990. The molecule has 1 rings (SSSR count). The third-order valence-electron chi connectivity index (χ3n) is 2.29. The molecule has 14 heavy (non-hydrogen) atoms. The van der Waals surface area contributed by atoms with Crippen molar-refractivity contribution in [3.05, 3.63) is 11.5 Å². The van der Waals surface area contributed by atoms with Gasteiger partial charge in [-0.25, -0.2) is 0 Å². The number of hydrogen-bond acceptors (Lipinski definition) is 3. The zero-order valence-corrected chi connectivity index (χ0v) is 9.26. The summed E-state index contributed by atoms with van der Waals surface area (Å²) in [5, 5.41) is 9.74. The van der Waals surface area contributed by atoms with Crippen molar-refractivity contribution in [3.63, 3.8) is 0 Å². The standard InChI is InChI=1S/C11H18O3/c1-5-7(3)13-11-8(4)14-9(6-2)10(11)12/h7,12H,5-6H2,1-4H3. The van der Waals surface area contributed by atoms with Gasteiger partial charge >= 0.3 is 0 Å². The van der Waals surface area contributed by atoms with Gasteiger partial charge in [-0.1, -0.05) is 13.8 Å². The summed E-state index contributed by atoms with van der Waals surface area (Å²) in [6.45, 7) is 7.75. The van der Waals surface area contributed by atoms with Crippen molar-refractivity contribution in [1.29, 1.82) is 0 Å². The Labute approximate surface area is 84.7 Å². The summed E-state index contributed by atoms with van der Waals surface area (Å²) in [5.74, 6) is 1.90. The number of hydrogen-bond donors (Lipinski definition) is 1. The second kappa shape index (κ2) is 4.40. The molecule has 1 heterocycles. The van der Waals surface area contributed by atoms with Crippen molar-refractivity contribution in [1.82, 2.24) is 0 Å². The predicted molar refractivity (Wildman–Crippen MR) is 54.9 cm³/mol. The van der Waals surface area contributed by atoms with Crippen LogP contribution in [0.3, 0.4) is 0 Å². The molecule has 80 valence electrons. The zero-order chi connectivity index (χ0) is 10.7. The Kier molecular flexibility index (Phi) is 3.44. The van der Waals surface area contributed by atoms with Crippen LogP contribution in [0, 0.1) is 6.92 Å². The molecular formula is C11H18O3. The summed E-state index contributed by atoms with van der Waals surface area (Å²) < 4.78 is 10.9. The topological polar surface area (TPSA) is 42.6 Å². The Bertz CT molecular complexity index is 302. The molecule has 0 radical (unpaired) electrons. The first-order chi connectivity index (χ1) is 6.60. The molecule has 0 saturated carbocycles. The van der Waals surface area contributed by atoms with Crippen LogP contribution in [0.4, 0.5) is 0 Å². The number of furan rings is 1. The van der Waals surface area contributed by atoms with E-state index in [9.17, 15) is 5.11 Å². The molecule has 3 nitrogen and oxygen atoms in total. The highest BCUT2D eigenvalue weighted by Crippen LogP contribution is 2.37. The van der Waals surface area contributed by atoms with Crippen LogP contribution in [-0.2, 0) is 6.42 Å². The van der Waals surface area contributed by atoms with Gasteiger partial charge in [-0.15, -0.1) is 0 Å². The number of rotatable bonds is 4. The van der Waals surface area contributed by atoms with Gasteiger partial charge in [0.15, 0.2) is 0 Å². The fourth-order valence-corrected chi connectivity index (χ4v) is 1.24. The van der Waals surface area contributed by atoms with E-state index in [1.165, 1.54) is 0 Å². The molecule has 0 aromatic carbocycles. The Hall–Kier alpha value is -1.12. The Morgan fingerprint density at radius 2 is 2.07 bits per heavy atom. The highest BCUT2D eigenvalue weighted by Gasteiger charge is 2.18. The van der Waals surface area contributed by atoms with E-state index in [4.69, 9.17) is 9.15 Å². The van der Waals surface area contributed by atoms with Crippen LogP contribution in [0.5, 0.6) is 11.5 Å². The minimum atomic E-state index is 0.0990.